The normalized spacial score (nSPS) is 15.6. The van der Waals surface area contributed by atoms with Crippen molar-refractivity contribution in [3.8, 4) is 29.1 Å². The fourth-order valence-corrected chi connectivity index (χ4v) is 4.73. The Kier molecular flexibility index (Phi) is 6.16. The van der Waals surface area contributed by atoms with Crippen molar-refractivity contribution in [2.75, 3.05) is 5.32 Å². The smallest absolute Gasteiger partial charge is 0.411 e. The van der Waals surface area contributed by atoms with Gasteiger partial charge in [0.05, 0.1) is 22.5 Å². The van der Waals surface area contributed by atoms with E-state index in [0.29, 0.717) is 41.0 Å². The number of aromatic nitrogens is 3. The highest BCUT2D eigenvalue weighted by molar-refractivity contribution is 5.95. The molecule has 8 nitrogen and oxygen atoms in total. The second-order valence-electron chi connectivity index (χ2n) is 9.97. The van der Waals surface area contributed by atoms with Crippen molar-refractivity contribution >= 4 is 22.7 Å². The van der Waals surface area contributed by atoms with Crippen LogP contribution in [0.4, 0.5) is 14.9 Å². The van der Waals surface area contributed by atoms with Crippen molar-refractivity contribution in [1.82, 2.24) is 14.5 Å². The lowest BCUT2D eigenvalue weighted by Gasteiger charge is -2.15. The number of hydrogen-bond donors (Lipinski definition) is 1. The number of benzene rings is 2. The number of hydrogen-bond acceptors (Lipinski definition) is 6. The summed E-state index contributed by atoms with van der Waals surface area (Å²) in [6, 6.07) is 14.3. The molecule has 2 aliphatic rings. The molecule has 1 atom stereocenters. The van der Waals surface area contributed by atoms with Gasteiger partial charge in [-0.25, -0.2) is 19.2 Å². The lowest BCUT2D eigenvalue weighted by atomic mass is 10.1. The maximum absolute atomic E-state index is 15.2. The van der Waals surface area contributed by atoms with Crippen LogP contribution in [0, 0.1) is 29.0 Å². The number of halogens is 1. The van der Waals surface area contributed by atoms with E-state index in [9.17, 15) is 10.1 Å². The standard InChI is InChI=1S/C29H26FN5O3/c1-17(19-5-6-19)37-29(36)34-25-10-7-20(13-24(25)30)27-23(15-31)22-9-8-21(38-28-32-11-2-12-33-28)14-26(22)35(27)16-18-3-4-18/h2,7-14,17-19H,3-6,16H2,1H3,(H,34,36)/t17-/m1/s1. The van der Waals surface area contributed by atoms with Gasteiger partial charge in [-0.1, -0.05) is 6.07 Å². The molecule has 0 saturated heterocycles. The molecule has 0 radical (unpaired) electrons. The van der Waals surface area contributed by atoms with Gasteiger partial charge in [-0.3, -0.25) is 5.32 Å². The van der Waals surface area contributed by atoms with Gasteiger partial charge in [0.2, 0.25) is 0 Å². The van der Waals surface area contributed by atoms with E-state index >= 15 is 4.39 Å². The predicted molar refractivity (Wildman–Crippen MR) is 139 cm³/mol. The quantitative estimate of drug-likeness (QED) is 0.284. The van der Waals surface area contributed by atoms with Crippen LogP contribution >= 0.6 is 0 Å². The van der Waals surface area contributed by atoms with Crippen molar-refractivity contribution in [3.05, 3.63) is 66.2 Å². The molecule has 6 rings (SSSR count). The molecule has 192 valence electrons. The molecule has 0 bridgehead atoms. The van der Waals surface area contributed by atoms with Gasteiger partial charge in [0.25, 0.3) is 0 Å². The predicted octanol–water partition coefficient (Wildman–Crippen LogP) is 6.66. The van der Waals surface area contributed by atoms with Crippen LogP contribution < -0.4 is 10.1 Å². The largest absolute Gasteiger partial charge is 0.446 e. The summed E-state index contributed by atoms with van der Waals surface area (Å²) >= 11 is 0. The average Bonchev–Trinajstić information content (AvgIpc) is 3.84. The van der Waals surface area contributed by atoms with E-state index in [1.165, 1.54) is 12.1 Å². The third kappa shape index (κ3) is 4.90. The van der Waals surface area contributed by atoms with Crippen molar-refractivity contribution < 1.29 is 18.7 Å². The number of amides is 1. The van der Waals surface area contributed by atoms with Gasteiger partial charge in [-0.15, -0.1) is 0 Å². The molecule has 9 heteroatoms. The van der Waals surface area contributed by atoms with Crippen LogP contribution in [-0.4, -0.2) is 26.7 Å². The summed E-state index contributed by atoms with van der Waals surface area (Å²) in [5, 5.41) is 13.4. The van der Waals surface area contributed by atoms with E-state index < -0.39 is 11.9 Å². The lowest BCUT2D eigenvalue weighted by Crippen LogP contribution is -2.22. The number of nitriles is 1. The summed E-state index contributed by atoms with van der Waals surface area (Å²) in [5.41, 5.74) is 2.50. The molecular formula is C29H26FN5O3. The monoisotopic (exact) mass is 511 g/mol. The van der Waals surface area contributed by atoms with Gasteiger partial charge < -0.3 is 14.0 Å². The van der Waals surface area contributed by atoms with E-state index in [4.69, 9.17) is 9.47 Å². The highest BCUT2D eigenvalue weighted by Gasteiger charge is 2.31. The zero-order chi connectivity index (χ0) is 26.2. The van der Waals surface area contributed by atoms with Crippen LogP contribution in [0.25, 0.3) is 22.2 Å². The Labute approximate surface area is 219 Å². The minimum atomic E-state index is -0.675. The minimum absolute atomic E-state index is 0.0312. The summed E-state index contributed by atoms with van der Waals surface area (Å²) < 4.78 is 28.5. The van der Waals surface area contributed by atoms with Crippen LogP contribution in [0.3, 0.4) is 0 Å². The fraction of sp³-hybridized carbons (Fsp3) is 0.310. The average molecular weight is 512 g/mol. The summed E-state index contributed by atoms with van der Waals surface area (Å²) in [6.45, 7) is 2.55. The first-order valence-corrected chi connectivity index (χ1v) is 12.8. The van der Waals surface area contributed by atoms with E-state index in [1.807, 2.05) is 19.1 Å². The summed E-state index contributed by atoms with van der Waals surface area (Å²) in [5.74, 6) is 0.818. The maximum Gasteiger partial charge on any atom is 0.411 e. The number of ether oxygens (including phenoxy) is 2. The molecule has 4 aromatic rings. The van der Waals surface area contributed by atoms with Crippen molar-refractivity contribution in [2.45, 2.75) is 45.3 Å². The Morgan fingerprint density at radius 3 is 2.66 bits per heavy atom. The molecule has 2 fully saturated rings. The van der Waals surface area contributed by atoms with Crippen molar-refractivity contribution in [3.63, 3.8) is 0 Å². The van der Waals surface area contributed by atoms with E-state index in [2.05, 4.69) is 25.9 Å². The van der Waals surface area contributed by atoms with Gasteiger partial charge in [0.15, 0.2) is 0 Å². The second kappa shape index (κ2) is 9.78. The van der Waals surface area contributed by atoms with E-state index in [1.54, 1.807) is 30.6 Å². The molecule has 0 aliphatic heterocycles. The number of carbonyl (C=O) groups excluding carboxylic acids is 1. The molecule has 2 aliphatic carbocycles. The minimum Gasteiger partial charge on any atom is -0.446 e. The lowest BCUT2D eigenvalue weighted by molar-refractivity contribution is 0.108. The zero-order valence-corrected chi connectivity index (χ0v) is 20.9. The summed E-state index contributed by atoms with van der Waals surface area (Å²) in [6.07, 6.45) is 6.62. The molecule has 2 aromatic heterocycles. The first-order chi connectivity index (χ1) is 18.5. The van der Waals surface area contributed by atoms with Gasteiger partial charge in [-0.2, -0.15) is 5.26 Å². The van der Waals surface area contributed by atoms with Crippen LogP contribution in [0.15, 0.2) is 54.9 Å². The highest BCUT2D eigenvalue weighted by atomic mass is 19.1. The molecule has 1 amide bonds. The molecule has 2 saturated carbocycles. The second-order valence-corrected chi connectivity index (χ2v) is 9.97. The molecule has 0 unspecified atom stereocenters. The number of anilines is 1. The topological polar surface area (TPSA) is 102 Å². The highest BCUT2D eigenvalue weighted by Crippen LogP contribution is 2.40. The Balaban J connectivity index is 1.35. The fourth-order valence-electron chi connectivity index (χ4n) is 4.73. The third-order valence-electron chi connectivity index (χ3n) is 7.09. The van der Waals surface area contributed by atoms with E-state index in [0.717, 1.165) is 36.6 Å². The number of nitrogens with zero attached hydrogens (tertiary/aromatic N) is 4. The maximum atomic E-state index is 15.2. The summed E-state index contributed by atoms with van der Waals surface area (Å²) in [7, 11) is 0. The Morgan fingerprint density at radius 2 is 1.97 bits per heavy atom. The first-order valence-electron chi connectivity index (χ1n) is 12.8. The Bertz CT molecular complexity index is 1550. The molecule has 2 heterocycles. The Hall–Kier alpha value is -4.45. The van der Waals surface area contributed by atoms with Crippen LogP contribution in [0.1, 0.15) is 38.2 Å². The van der Waals surface area contributed by atoms with Gasteiger partial charge >= 0.3 is 12.1 Å². The Morgan fingerprint density at radius 1 is 1.18 bits per heavy atom. The SMILES string of the molecule is C[C@@H](OC(=O)Nc1ccc(-c2c(C#N)c3ccc(Oc4ncccn4)cc3n2CC2CC2)cc1F)C1CC1. The molecule has 0 spiro atoms. The van der Waals surface area contributed by atoms with Gasteiger partial charge in [-0.05, 0) is 74.8 Å². The number of nitrogens with one attached hydrogen (secondary N) is 1. The van der Waals surface area contributed by atoms with E-state index in [-0.39, 0.29) is 17.8 Å². The third-order valence-corrected chi connectivity index (χ3v) is 7.09. The number of rotatable bonds is 8. The number of carbonyl (C=O) groups is 1. The van der Waals surface area contributed by atoms with Gasteiger partial charge in [0.1, 0.15) is 23.7 Å². The van der Waals surface area contributed by atoms with Crippen LogP contribution in [0.2, 0.25) is 0 Å². The van der Waals surface area contributed by atoms with Crippen LogP contribution in [-0.2, 0) is 11.3 Å². The van der Waals surface area contributed by atoms with Crippen LogP contribution in [0.5, 0.6) is 11.8 Å². The van der Waals surface area contributed by atoms with Gasteiger partial charge in [0, 0.05) is 36.0 Å². The van der Waals surface area contributed by atoms with Crippen molar-refractivity contribution in [1.29, 1.82) is 5.26 Å². The molecule has 2 aromatic carbocycles. The molecule has 1 N–H and O–H groups in total. The van der Waals surface area contributed by atoms with Crippen molar-refractivity contribution in [2.24, 2.45) is 11.8 Å². The first kappa shape index (κ1) is 23.9. The molecule has 38 heavy (non-hydrogen) atoms. The zero-order valence-electron chi connectivity index (χ0n) is 20.9. The summed E-state index contributed by atoms with van der Waals surface area (Å²) in [4.78, 5) is 20.5. The number of fused-ring (bicyclic) bond motifs is 1. The molecular weight excluding hydrogens is 485 g/mol.